The second-order valence-electron chi connectivity index (χ2n) is 6.49. The van der Waals surface area contributed by atoms with Gasteiger partial charge in [0.05, 0.1) is 30.4 Å². The Kier molecular flexibility index (Phi) is 5.38. The number of carbonyl (C=O) groups is 2. The van der Waals surface area contributed by atoms with Gasteiger partial charge in [-0.05, 0) is 30.3 Å². The molecule has 2 amide bonds. The van der Waals surface area contributed by atoms with Crippen LogP contribution < -0.4 is 16.2 Å². The molecule has 0 bridgehead atoms. The maximum Gasteiger partial charge on any atom is 0.279 e. The van der Waals surface area contributed by atoms with Crippen LogP contribution in [0.1, 0.15) is 16.2 Å². The van der Waals surface area contributed by atoms with E-state index in [0.717, 1.165) is 0 Å². The molecule has 0 saturated heterocycles. The molecule has 0 fully saturated rings. The van der Waals surface area contributed by atoms with Crippen molar-refractivity contribution < 1.29 is 14.0 Å². The molecule has 0 aliphatic heterocycles. The Morgan fingerprint density at radius 2 is 1.63 bits per heavy atom. The molecule has 0 atom stereocenters. The van der Waals surface area contributed by atoms with Gasteiger partial charge in [-0.3, -0.25) is 14.4 Å². The molecule has 4 rings (SSSR count). The summed E-state index contributed by atoms with van der Waals surface area (Å²) in [5.74, 6) is -0.318. The minimum atomic E-state index is -0.552. The molecule has 30 heavy (non-hydrogen) atoms. The van der Waals surface area contributed by atoms with Crippen LogP contribution in [0.2, 0.25) is 0 Å². The van der Waals surface area contributed by atoms with Gasteiger partial charge in [0.25, 0.3) is 11.5 Å². The van der Waals surface area contributed by atoms with Gasteiger partial charge in [-0.15, -0.1) is 0 Å². The molecule has 8 heteroatoms. The van der Waals surface area contributed by atoms with E-state index in [2.05, 4.69) is 15.7 Å². The second kappa shape index (κ2) is 8.44. The first-order valence-electron chi connectivity index (χ1n) is 9.28. The summed E-state index contributed by atoms with van der Waals surface area (Å²) in [5.41, 5.74) is 0.274. The molecule has 0 aliphatic carbocycles. The molecule has 2 aromatic carbocycles. The van der Waals surface area contributed by atoms with Gasteiger partial charge in [0.2, 0.25) is 5.91 Å². The van der Waals surface area contributed by atoms with E-state index in [1.807, 2.05) is 6.07 Å². The summed E-state index contributed by atoms with van der Waals surface area (Å²) in [5, 5.41) is 10.3. The fourth-order valence-corrected chi connectivity index (χ4v) is 3.01. The van der Waals surface area contributed by atoms with Crippen molar-refractivity contribution in [1.29, 1.82) is 0 Å². The number of rotatable bonds is 6. The van der Waals surface area contributed by atoms with E-state index in [-0.39, 0.29) is 30.2 Å². The Morgan fingerprint density at radius 3 is 2.37 bits per heavy atom. The molecule has 150 valence electrons. The van der Waals surface area contributed by atoms with Crippen molar-refractivity contribution in [2.75, 3.05) is 6.54 Å². The van der Waals surface area contributed by atoms with Crippen molar-refractivity contribution in [3.63, 3.8) is 0 Å². The van der Waals surface area contributed by atoms with Crippen molar-refractivity contribution >= 4 is 22.6 Å². The molecule has 0 saturated carbocycles. The van der Waals surface area contributed by atoms with Crippen LogP contribution in [0, 0.1) is 0 Å². The molecular formula is C22H18N4O4. The van der Waals surface area contributed by atoms with Gasteiger partial charge in [-0.1, -0.05) is 36.4 Å². The summed E-state index contributed by atoms with van der Waals surface area (Å²) in [4.78, 5) is 37.7. The van der Waals surface area contributed by atoms with Crippen molar-refractivity contribution in [2.45, 2.75) is 6.54 Å². The molecule has 2 heterocycles. The lowest BCUT2D eigenvalue weighted by Crippen LogP contribution is -2.37. The van der Waals surface area contributed by atoms with Crippen LogP contribution in [0.15, 0.2) is 82.2 Å². The Labute approximate surface area is 171 Å². The molecular weight excluding hydrogens is 384 g/mol. The van der Waals surface area contributed by atoms with Crippen molar-refractivity contribution in [2.24, 2.45) is 0 Å². The monoisotopic (exact) mass is 402 g/mol. The smallest absolute Gasteiger partial charge is 0.279 e. The third-order valence-corrected chi connectivity index (χ3v) is 4.47. The predicted molar refractivity (Wildman–Crippen MR) is 110 cm³/mol. The van der Waals surface area contributed by atoms with Crippen LogP contribution in [-0.2, 0) is 11.3 Å². The number of para-hydroxylation sites is 1. The zero-order valence-corrected chi connectivity index (χ0v) is 15.9. The van der Waals surface area contributed by atoms with Crippen LogP contribution in [-0.4, -0.2) is 28.1 Å². The van der Waals surface area contributed by atoms with Crippen molar-refractivity contribution in [3.8, 4) is 5.69 Å². The fraction of sp³-hybridized carbons (Fsp3) is 0.0909. The standard InChI is InChI=1S/C22H18N4O4/c27-19(23-13-16-9-6-12-30-16)14-24-21(28)20-17-10-4-5-11-18(17)22(29)26(25-20)15-7-2-1-3-8-15/h1-12H,13-14H2,(H,23,27)(H,24,28). The number of hydrogen-bond donors (Lipinski definition) is 2. The van der Waals surface area contributed by atoms with Gasteiger partial charge in [-0.2, -0.15) is 9.78 Å². The Morgan fingerprint density at radius 1 is 0.900 bits per heavy atom. The molecule has 0 spiro atoms. The van der Waals surface area contributed by atoms with E-state index in [9.17, 15) is 14.4 Å². The van der Waals surface area contributed by atoms with Gasteiger partial charge < -0.3 is 15.1 Å². The zero-order chi connectivity index (χ0) is 20.9. The lowest BCUT2D eigenvalue weighted by molar-refractivity contribution is -0.120. The van der Waals surface area contributed by atoms with E-state index < -0.39 is 5.91 Å². The minimum absolute atomic E-state index is 0.0629. The maximum absolute atomic E-state index is 12.9. The summed E-state index contributed by atoms with van der Waals surface area (Å²) < 4.78 is 6.34. The van der Waals surface area contributed by atoms with Gasteiger partial charge >= 0.3 is 0 Å². The Balaban J connectivity index is 1.58. The molecule has 8 nitrogen and oxygen atoms in total. The first-order valence-corrected chi connectivity index (χ1v) is 9.28. The first-order chi connectivity index (χ1) is 14.6. The fourth-order valence-electron chi connectivity index (χ4n) is 3.01. The first kappa shape index (κ1) is 19.1. The van der Waals surface area contributed by atoms with E-state index in [1.54, 1.807) is 60.7 Å². The zero-order valence-electron chi connectivity index (χ0n) is 15.9. The van der Waals surface area contributed by atoms with Gasteiger partial charge in [0.1, 0.15) is 5.76 Å². The third kappa shape index (κ3) is 3.97. The minimum Gasteiger partial charge on any atom is -0.467 e. The molecule has 4 aromatic rings. The number of carbonyl (C=O) groups excluding carboxylic acids is 2. The van der Waals surface area contributed by atoms with E-state index >= 15 is 0 Å². The molecule has 0 unspecified atom stereocenters. The topological polar surface area (TPSA) is 106 Å². The lowest BCUT2D eigenvalue weighted by atomic mass is 10.1. The van der Waals surface area contributed by atoms with Crippen molar-refractivity contribution in [3.05, 3.63) is 94.8 Å². The Hall–Kier alpha value is -4.20. The Bertz CT molecular complexity index is 1250. The van der Waals surface area contributed by atoms with Gasteiger partial charge in [0, 0.05) is 5.39 Å². The van der Waals surface area contributed by atoms with Gasteiger partial charge in [-0.25, -0.2) is 0 Å². The number of benzene rings is 2. The van der Waals surface area contributed by atoms with Gasteiger partial charge in [0.15, 0.2) is 5.69 Å². The molecule has 0 aliphatic rings. The quantitative estimate of drug-likeness (QED) is 0.513. The maximum atomic E-state index is 12.9. The summed E-state index contributed by atoms with van der Waals surface area (Å²) in [6.45, 7) is -0.0121. The lowest BCUT2D eigenvalue weighted by Gasteiger charge is -2.11. The third-order valence-electron chi connectivity index (χ3n) is 4.47. The van der Waals surface area contributed by atoms with Crippen LogP contribution >= 0.6 is 0 Å². The average Bonchev–Trinajstić information content (AvgIpc) is 3.31. The second-order valence-corrected chi connectivity index (χ2v) is 6.49. The summed E-state index contributed by atoms with van der Waals surface area (Å²) in [7, 11) is 0. The summed E-state index contributed by atoms with van der Waals surface area (Å²) in [6, 6.07) is 19.1. The van der Waals surface area contributed by atoms with E-state index in [1.165, 1.54) is 10.9 Å². The number of fused-ring (bicyclic) bond motifs is 1. The molecule has 2 aromatic heterocycles. The van der Waals surface area contributed by atoms with Crippen LogP contribution in [0.4, 0.5) is 0 Å². The summed E-state index contributed by atoms with van der Waals surface area (Å²) in [6.07, 6.45) is 1.52. The largest absolute Gasteiger partial charge is 0.467 e. The van der Waals surface area contributed by atoms with Crippen LogP contribution in [0.5, 0.6) is 0 Å². The number of furan rings is 1. The average molecular weight is 402 g/mol. The summed E-state index contributed by atoms with van der Waals surface area (Å²) >= 11 is 0. The number of nitrogens with one attached hydrogen (secondary N) is 2. The predicted octanol–water partition coefficient (Wildman–Crippen LogP) is 2.02. The SMILES string of the molecule is O=C(CNC(=O)c1nn(-c2ccccc2)c(=O)c2ccccc12)NCc1ccco1. The van der Waals surface area contributed by atoms with E-state index in [0.29, 0.717) is 22.2 Å². The number of amides is 2. The van der Waals surface area contributed by atoms with Crippen LogP contribution in [0.3, 0.4) is 0 Å². The van der Waals surface area contributed by atoms with Crippen LogP contribution in [0.25, 0.3) is 16.5 Å². The van der Waals surface area contributed by atoms with E-state index in [4.69, 9.17) is 4.42 Å². The normalized spacial score (nSPS) is 10.7. The number of aromatic nitrogens is 2. The highest BCUT2D eigenvalue weighted by Crippen LogP contribution is 2.15. The highest BCUT2D eigenvalue weighted by molar-refractivity contribution is 6.05. The highest BCUT2D eigenvalue weighted by Gasteiger charge is 2.18. The highest BCUT2D eigenvalue weighted by atomic mass is 16.3. The number of nitrogens with zero attached hydrogens (tertiary/aromatic N) is 2. The van der Waals surface area contributed by atoms with Crippen molar-refractivity contribution in [1.82, 2.24) is 20.4 Å². The molecule has 0 radical (unpaired) electrons. The number of hydrogen-bond acceptors (Lipinski definition) is 5. The molecule has 2 N–H and O–H groups in total.